The minimum atomic E-state index is -0.892. The molecule has 0 radical (unpaired) electrons. The third-order valence-corrected chi connectivity index (χ3v) is 5.64. The molecule has 0 saturated heterocycles. The van der Waals surface area contributed by atoms with Gasteiger partial charge >= 0.3 is 6.09 Å². The maximum Gasteiger partial charge on any atom is 0.414 e. The van der Waals surface area contributed by atoms with Gasteiger partial charge in [0.25, 0.3) is 11.5 Å². The molecule has 0 aliphatic carbocycles. The summed E-state index contributed by atoms with van der Waals surface area (Å²) in [5, 5.41) is 10.9. The lowest BCUT2D eigenvalue weighted by Crippen LogP contribution is -2.40. The van der Waals surface area contributed by atoms with E-state index < -0.39 is 17.8 Å². The zero-order valence-corrected chi connectivity index (χ0v) is 19.8. The quantitative estimate of drug-likeness (QED) is 0.339. The summed E-state index contributed by atoms with van der Waals surface area (Å²) in [4.78, 5) is 36.4. The molecule has 1 aromatic carbocycles. The highest BCUT2D eigenvalue weighted by atomic mass is 32.2. The van der Waals surface area contributed by atoms with Crippen LogP contribution in [0.1, 0.15) is 43.4 Å². The lowest BCUT2D eigenvalue weighted by molar-refractivity contribution is -0.114. The number of alkyl carbamates (subject to hydrolysis) is 1. The number of imide groups is 1. The first kappa shape index (κ1) is 24.9. The van der Waals surface area contributed by atoms with Crippen LogP contribution < -0.4 is 22.0 Å². The van der Waals surface area contributed by atoms with Crippen LogP contribution in [0, 0.1) is 13.8 Å². The van der Waals surface area contributed by atoms with E-state index in [1.807, 2.05) is 51.2 Å². The van der Waals surface area contributed by atoms with Gasteiger partial charge < -0.3 is 10.5 Å². The lowest BCUT2D eigenvalue weighted by Gasteiger charge is -2.14. The van der Waals surface area contributed by atoms with E-state index in [4.69, 9.17) is 5.73 Å². The van der Waals surface area contributed by atoms with Crippen molar-refractivity contribution in [1.29, 1.82) is 0 Å². The molecule has 0 atom stereocenters. The van der Waals surface area contributed by atoms with Crippen LogP contribution in [0.15, 0.2) is 38.0 Å². The molecule has 172 valence electrons. The first-order valence-electron chi connectivity index (χ1n) is 9.98. The molecule has 1 heterocycles. The second-order valence-electron chi connectivity index (χ2n) is 7.35. The number of hydrazone groups is 1. The largest absolute Gasteiger partial charge is 0.450 e. The molecule has 4 N–H and O–H groups in total. The molecule has 0 bridgehead atoms. The third kappa shape index (κ3) is 6.33. The summed E-state index contributed by atoms with van der Waals surface area (Å²) in [7, 11) is 1.64. The summed E-state index contributed by atoms with van der Waals surface area (Å²) in [6, 6.07) is 5.53. The SMILES string of the molecule is CCOC(=O)NC(=O)/C(N)=N\Nc1cc(C)c(Sc2cc(C(C)C)c(=O)n(C)n2)c(C)c1. The molecule has 0 unspecified atom stereocenters. The van der Waals surface area contributed by atoms with E-state index >= 15 is 0 Å². The fourth-order valence-corrected chi connectivity index (χ4v) is 3.85. The zero-order chi connectivity index (χ0) is 24.0. The van der Waals surface area contributed by atoms with E-state index in [1.54, 1.807) is 14.0 Å². The number of nitrogens with one attached hydrogen (secondary N) is 2. The van der Waals surface area contributed by atoms with Gasteiger partial charge in [-0.15, -0.1) is 0 Å². The maximum absolute atomic E-state index is 12.3. The Hall–Kier alpha value is -3.34. The predicted octanol–water partition coefficient (Wildman–Crippen LogP) is 2.63. The molecule has 0 fully saturated rings. The van der Waals surface area contributed by atoms with Gasteiger partial charge in [0, 0.05) is 17.5 Å². The monoisotopic (exact) mass is 460 g/mol. The van der Waals surface area contributed by atoms with Gasteiger partial charge in [-0.05, 0) is 56.0 Å². The highest BCUT2D eigenvalue weighted by Gasteiger charge is 2.15. The number of ether oxygens (including phenoxy) is 1. The number of carbonyl (C=O) groups excluding carboxylic acids is 2. The molecular formula is C21H28N6O4S. The molecule has 0 saturated carbocycles. The standard InChI is InChI=1S/C21H28N6O4S/c1-7-31-21(30)23-19(28)18(22)25-24-14-8-12(4)17(13(5)9-14)32-16-10-15(11(2)3)20(29)27(6)26-16/h8-11,24H,7H2,1-6H3,(H2,22,25)(H,23,28,30). The fraction of sp³-hybridized carbons (Fsp3) is 0.381. The number of aromatic nitrogens is 2. The molecule has 11 heteroatoms. The van der Waals surface area contributed by atoms with Crippen molar-refractivity contribution in [2.24, 2.45) is 17.9 Å². The van der Waals surface area contributed by atoms with Gasteiger partial charge in [0.1, 0.15) is 5.03 Å². The van der Waals surface area contributed by atoms with Crippen LogP contribution in [0.2, 0.25) is 0 Å². The lowest BCUT2D eigenvalue weighted by atomic mass is 10.1. The first-order valence-corrected chi connectivity index (χ1v) is 10.8. The van der Waals surface area contributed by atoms with Gasteiger partial charge in [-0.3, -0.25) is 20.3 Å². The summed E-state index contributed by atoms with van der Waals surface area (Å²) >= 11 is 1.47. The summed E-state index contributed by atoms with van der Waals surface area (Å²) in [6.45, 7) is 9.57. The first-order chi connectivity index (χ1) is 15.0. The minimum absolute atomic E-state index is 0.0918. The Morgan fingerprint density at radius 2 is 1.88 bits per heavy atom. The van der Waals surface area contributed by atoms with Crippen LogP contribution >= 0.6 is 11.8 Å². The van der Waals surface area contributed by atoms with E-state index in [-0.39, 0.29) is 18.1 Å². The molecule has 0 aliphatic rings. The van der Waals surface area contributed by atoms with E-state index in [2.05, 4.69) is 20.4 Å². The Morgan fingerprint density at radius 3 is 2.44 bits per heavy atom. The Morgan fingerprint density at radius 1 is 1.25 bits per heavy atom. The molecule has 32 heavy (non-hydrogen) atoms. The molecule has 2 aromatic rings. The van der Waals surface area contributed by atoms with Gasteiger partial charge in [-0.2, -0.15) is 10.2 Å². The van der Waals surface area contributed by atoms with Crippen molar-refractivity contribution in [2.75, 3.05) is 12.0 Å². The predicted molar refractivity (Wildman–Crippen MR) is 124 cm³/mol. The molecule has 0 spiro atoms. The molecule has 2 rings (SSSR count). The number of benzene rings is 1. The van der Waals surface area contributed by atoms with Crippen LogP contribution in [-0.2, 0) is 16.6 Å². The van der Waals surface area contributed by atoms with E-state index in [1.165, 1.54) is 16.4 Å². The number of hydrogen-bond donors (Lipinski definition) is 3. The van der Waals surface area contributed by atoms with Crippen LogP contribution in [-0.4, -0.2) is 34.2 Å². The Bertz CT molecular complexity index is 1090. The zero-order valence-electron chi connectivity index (χ0n) is 19.0. The second kappa shape index (κ2) is 10.8. The van der Waals surface area contributed by atoms with Crippen molar-refractivity contribution in [3.05, 3.63) is 45.2 Å². The number of nitrogens with two attached hydrogens (primary N) is 1. The van der Waals surface area contributed by atoms with Crippen molar-refractivity contribution in [3.63, 3.8) is 0 Å². The van der Waals surface area contributed by atoms with E-state index in [0.29, 0.717) is 11.3 Å². The summed E-state index contributed by atoms with van der Waals surface area (Å²) in [5.41, 5.74) is 11.5. The number of aryl methyl sites for hydroxylation is 3. The smallest absolute Gasteiger partial charge is 0.414 e. The molecule has 0 aliphatic heterocycles. The van der Waals surface area contributed by atoms with E-state index in [9.17, 15) is 14.4 Å². The number of rotatable bonds is 6. The number of amidine groups is 1. The molecular weight excluding hydrogens is 432 g/mol. The number of hydrogen-bond acceptors (Lipinski definition) is 8. The number of nitrogens with zero attached hydrogens (tertiary/aromatic N) is 3. The average molecular weight is 461 g/mol. The Balaban J connectivity index is 2.20. The van der Waals surface area contributed by atoms with Crippen LogP contribution in [0.5, 0.6) is 0 Å². The van der Waals surface area contributed by atoms with E-state index in [0.717, 1.165) is 21.0 Å². The molecule has 2 amide bonds. The Kier molecular flexibility index (Phi) is 8.41. The Labute approximate surface area is 190 Å². The van der Waals surface area contributed by atoms with Gasteiger partial charge in [-0.25, -0.2) is 9.48 Å². The maximum atomic E-state index is 12.3. The fourth-order valence-electron chi connectivity index (χ4n) is 2.85. The highest BCUT2D eigenvalue weighted by Crippen LogP contribution is 2.34. The van der Waals surface area contributed by atoms with Crippen molar-refractivity contribution in [2.45, 2.75) is 50.5 Å². The molecule has 10 nitrogen and oxygen atoms in total. The highest BCUT2D eigenvalue weighted by molar-refractivity contribution is 7.99. The number of amides is 2. The average Bonchev–Trinajstić information content (AvgIpc) is 2.71. The van der Waals surface area contributed by atoms with Gasteiger partial charge in [0.15, 0.2) is 0 Å². The van der Waals surface area contributed by atoms with Gasteiger partial charge in [-0.1, -0.05) is 25.6 Å². The normalized spacial score (nSPS) is 11.4. The van der Waals surface area contributed by atoms with Crippen molar-refractivity contribution in [3.8, 4) is 0 Å². The topological polar surface area (TPSA) is 141 Å². The second-order valence-corrected chi connectivity index (χ2v) is 8.38. The van der Waals surface area contributed by atoms with Crippen LogP contribution in [0.25, 0.3) is 0 Å². The van der Waals surface area contributed by atoms with Crippen molar-refractivity contribution >= 4 is 35.3 Å². The number of carbonyl (C=O) groups is 2. The van der Waals surface area contributed by atoms with Crippen molar-refractivity contribution < 1.29 is 14.3 Å². The molecule has 1 aromatic heterocycles. The van der Waals surface area contributed by atoms with Crippen LogP contribution in [0.3, 0.4) is 0 Å². The van der Waals surface area contributed by atoms with Crippen molar-refractivity contribution in [1.82, 2.24) is 15.1 Å². The number of anilines is 1. The third-order valence-electron chi connectivity index (χ3n) is 4.39. The van der Waals surface area contributed by atoms with Gasteiger partial charge in [0.2, 0.25) is 5.84 Å². The summed E-state index contributed by atoms with van der Waals surface area (Å²) in [6.07, 6.45) is -0.892. The summed E-state index contributed by atoms with van der Waals surface area (Å²) in [5.74, 6) is -1.19. The summed E-state index contributed by atoms with van der Waals surface area (Å²) < 4.78 is 5.98. The van der Waals surface area contributed by atoms with Gasteiger partial charge in [0.05, 0.1) is 12.3 Å². The minimum Gasteiger partial charge on any atom is -0.450 e. The van der Waals surface area contributed by atoms with Crippen LogP contribution in [0.4, 0.5) is 10.5 Å².